The molecule has 1 N–H and O–H groups in total. The van der Waals surface area contributed by atoms with Crippen LogP contribution in [0.15, 0.2) is 6.20 Å². The monoisotopic (exact) mass is 279 g/mol. The topological polar surface area (TPSA) is 38.6 Å². The Kier molecular flexibility index (Phi) is 3.60. The van der Waals surface area contributed by atoms with Crippen LogP contribution in [0.1, 0.15) is 36.0 Å². The SMILES string of the molecule is Cc1cn2c(CNC(C)C3CCCO3)c(C)nc2s1. The molecule has 3 heterocycles. The van der Waals surface area contributed by atoms with Crippen LogP contribution in [0, 0.1) is 13.8 Å². The Morgan fingerprint density at radius 2 is 2.42 bits per heavy atom. The van der Waals surface area contributed by atoms with Gasteiger partial charge in [0.1, 0.15) is 0 Å². The van der Waals surface area contributed by atoms with Gasteiger partial charge >= 0.3 is 0 Å². The van der Waals surface area contributed by atoms with Crippen molar-refractivity contribution in [2.75, 3.05) is 6.61 Å². The van der Waals surface area contributed by atoms with Gasteiger partial charge in [0.15, 0.2) is 4.96 Å². The van der Waals surface area contributed by atoms with Gasteiger partial charge in [0.2, 0.25) is 0 Å². The van der Waals surface area contributed by atoms with E-state index in [9.17, 15) is 0 Å². The number of aryl methyl sites for hydroxylation is 2. The minimum absolute atomic E-state index is 0.368. The van der Waals surface area contributed by atoms with Gasteiger partial charge in [0, 0.05) is 30.3 Å². The molecule has 1 saturated heterocycles. The zero-order valence-electron chi connectivity index (χ0n) is 11.8. The summed E-state index contributed by atoms with van der Waals surface area (Å²) in [6.07, 6.45) is 4.91. The molecule has 0 aliphatic carbocycles. The van der Waals surface area contributed by atoms with E-state index in [0.29, 0.717) is 12.1 Å². The van der Waals surface area contributed by atoms with Crippen LogP contribution in [0.3, 0.4) is 0 Å². The first kappa shape index (κ1) is 13.1. The minimum Gasteiger partial charge on any atom is -0.377 e. The number of hydrogen-bond donors (Lipinski definition) is 1. The molecule has 3 rings (SSSR count). The fourth-order valence-electron chi connectivity index (χ4n) is 2.71. The first-order valence-corrected chi connectivity index (χ1v) is 7.76. The molecule has 2 aromatic heterocycles. The summed E-state index contributed by atoms with van der Waals surface area (Å²) in [5, 5.41) is 3.59. The van der Waals surface area contributed by atoms with E-state index in [1.165, 1.54) is 23.4 Å². The number of hydrogen-bond acceptors (Lipinski definition) is 4. The lowest BCUT2D eigenvalue weighted by atomic mass is 10.1. The zero-order chi connectivity index (χ0) is 13.4. The van der Waals surface area contributed by atoms with Gasteiger partial charge in [-0.3, -0.25) is 4.40 Å². The van der Waals surface area contributed by atoms with Crippen molar-refractivity contribution in [3.05, 3.63) is 22.5 Å². The molecule has 1 aliphatic rings. The second kappa shape index (κ2) is 5.23. The van der Waals surface area contributed by atoms with E-state index in [4.69, 9.17) is 4.74 Å². The Morgan fingerprint density at radius 1 is 1.58 bits per heavy atom. The molecule has 0 bridgehead atoms. The van der Waals surface area contributed by atoms with Gasteiger partial charge in [-0.1, -0.05) is 0 Å². The molecule has 0 amide bonds. The van der Waals surface area contributed by atoms with Gasteiger partial charge in [-0.15, -0.1) is 11.3 Å². The maximum Gasteiger partial charge on any atom is 0.194 e. The molecule has 19 heavy (non-hydrogen) atoms. The lowest BCUT2D eigenvalue weighted by Crippen LogP contribution is -2.36. The molecule has 2 unspecified atom stereocenters. The highest BCUT2D eigenvalue weighted by molar-refractivity contribution is 7.17. The van der Waals surface area contributed by atoms with Crippen molar-refractivity contribution in [1.82, 2.24) is 14.7 Å². The average Bonchev–Trinajstić information content (AvgIpc) is 3.03. The number of aromatic nitrogens is 2. The summed E-state index contributed by atoms with van der Waals surface area (Å²) >= 11 is 1.75. The number of ether oxygens (including phenoxy) is 1. The average molecular weight is 279 g/mol. The predicted molar refractivity (Wildman–Crippen MR) is 77.8 cm³/mol. The van der Waals surface area contributed by atoms with E-state index in [0.717, 1.165) is 23.8 Å². The molecule has 1 aliphatic heterocycles. The maximum absolute atomic E-state index is 5.72. The Morgan fingerprint density at radius 3 is 3.16 bits per heavy atom. The number of thiazole rings is 1. The Bertz CT molecular complexity index is 569. The van der Waals surface area contributed by atoms with E-state index in [2.05, 4.69) is 41.7 Å². The van der Waals surface area contributed by atoms with Crippen molar-refractivity contribution in [3.8, 4) is 0 Å². The van der Waals surface area contributed by atoms with Gasteiger partial charge in [-0.25, -0.2) is 4.98 Å². The van der Waals surface area contributed by atoms with Gasteiger partial charge < -0.3 is 10.1 Å². The van der Waals surface area contributed by atoms with Crippen LogP contribution >= 0.6 is 11.3 Å². The van der Waals surface area contributed by atoms with Crippen molar-refractivity contribution in [1.29, 1.82) is 0 Å². The number of fused-ring (bicyclic) bond motifs is 1. The third kappa shape index (κ3) is 2.55. The van der Waals surface area contributed by atoms with Crippen LogP contribution < -0.4 is 5.32 Å². The highest BCUT2D eigenvalue weighted by Gasteiger charge is 2.22. The highest BCUT2D eigenvalue weighted by Crippen LogP contribution is 2.21. The number of imidazole rings is 1. The third-order valence-corrected chi connectivity index (χ3v) is 4.75. The van der Waals surface area contributed by atoms with Crippen LogP contribution in [0.4, 0.5) is 0 Å². The van der Waals surface area contributed by atoms with Gasteiger partial charge in [0.25, 0.3) is 0 Å². The zero-order valence-corrected chi connectivity index (χ0v) is 12.6. The lowest BCUT2D eigenvalue weighted by molar-refractivity contribution is 0.0830. The number of rotatable bonds is 4. The summed E-state index contributed by atoms with van der Waals surface area (Å²) in [6, 6.07) is 0.396. The Hall–Kier alpha value is -0.910. The first-order valence-electron chi connectivity index (χ1n) is 6.94. The van der Waals surface area contributed by atoms with Crippen molar-refractivity contribution in [2.45, 2.75) is 52.3 Å². The molecule has 2 aromatic rings. The summed E-state index contributed by atoms with van der Waals surface area (Å²) < 4.78 is 7.94. The second-order valence-corrected chi connectivity index (χ2v) is 6.57. The fraction of sp³-hybridized carbons (Fsp3) is 0.643. The van der Waals surface area contributed by atoms with Crippen molar-refractivity contribution in [3.63, 3.8) is 0 Å². The van der Waals surface area contributed by atoms with Crippen molar-refractivity contribution < 1.29 is 4.74 Å². The molecule has 5 heteroatoms. The Balaban J connectivity index is 1.72. The predicted octanol–water partition coefficient (Wildman–Crippen LogP) is 2.67. The van der Waals surface area contributed by atoms with Crippen LogP contribution in [0.25, 0.3) is 4.96 Å². The fourth-order valence-corrected chi connectivity index (χ4v) is 3.60. The Labute approximate surface area is 117 Å². The number of nitrogens with zero attached hydrogens (tertiary/aromatic N) is 2. The summed E-state index contributed by atoms with van der Waals surface area (Å²) in [6.45, 7) is 8.19. The van der Waals surface area contributed by atoms with Crippen LogP contribution in [0.5, 0.6) is 0 Å². The quantitative estimate of drug-likeness (QED) is 0.935. The normalized spacial score (nSPS) is 21.3. The summed E-state index contributed by atoms with van der Waals surface area (Å²) in [4.78, 5) is 7.02. The van der Waals surface area contributed by atoms with Gasteiger partial charge in [-0.2, -0.15) is 0 Å². The van der Waals surface area contributed by atoms with Crippen molar-refractivity contribution >= 4 is 16.3 Å². The van der Waals surface area contributed by atoms with E-state index >= 15 is 0 Å². The molecule has 0 radical (unpaired) electrons. The van der Waals surface area contributed by atoms with E-state index in [1.54, 1.807) is 11.3 Å². The molecule has 0 saturated carbocycles. The van der Waals surface area contributed by atoms with Gasteiger partial charge in [-0.05, 0) is 33.6 Å². The standard InChI is InChI=1S/C14H21N3OS/c1-9-8-17-12(10(2)16-14(17)19-9)7-15-11(3)13-5-4-6-18-13/h8,11,13,15H,4-7H2,1-3H3. The highest BCUT2D eigenvalue weighted by atomic mass is 32.1. The van der Waals surface area contributed by atoms with Crippen LogP contribution in [-0.4, -0.2) is 28.1 Å². The van der Waals surface area contributed by atoms with E-state index < -0.39 is 0 Å². The van der Waals surface area contributed by atoms with Crippen LogP contribution in [-0.2, 0) is 11.3 Å². The van der Waals surface area contributed by atoms with Crippen LogP contribution in [0.2, 0.25) is 0 Å². The second-order valence-electron chi connectivity index (χ2n) is 5.36. The smallest absolute Gasteiger partial charge is 0.194 e. The summed E-state index contributed by atoms with van der Waals surface area (Å²) in [5.41, 5.74) is 2.39. The maximum atomic E-state index is 5.72. The number of nitrogens with one attached hydrogen (secondary N) is 1. The molecule has 1 fully saturated rings. The molecule has 104 valence electrons. The first-order chi connectivity index (χ1) is 9.15. The van der Waals surface area contributed by atoms with Gasteiger partial charge in [0.05, 0.1) is 17.5 Å². The molecule has 2 atom stereocenters. The summed E-state index contributed by atoms with van der Waals surface area (Å²) in [7, 11) is 0. The molecular formula is C14H21N3OS. The third-order valence-electron chi connectivity index (χ3n) is 3.86. The molecular weight excluding hydrogens is 258 g/mol. The van der Waals surface area contributed by atoms with E-state index in [-0.39, 0.29) is 0 Å². The lowest BCUT2D eigenvalue weighted by Gasteiger charge is -2.20. The minimum atomic E-state index is 0.368. The molecule has 0 spiro atoms. The largest absolute Gasteiger partial charge is 0.377 e. The molecule has 0 aromatic carbocycles. The summed E-state index contributed by atoms with van der Waals surface area (Å²) in [5.74, 6) is 0. The molecule has 4 nitrogen and oxygen atoms in total. The van der Waals surface area contributed by atoms with Crippen molar-refractivity contribution in [2.24, 2.45) is 0 Å². The van der Waals surface area contributed by atoms with E-state index in [1.807, 2.05) is 0 Å².